The molecule has 0 saturated heterocycles. The van der Waals surface area contributed by atoms with Gasteiger partial charge in [-0.15, -0.1) is 0 Å². The highest BCUT2D eigenvalue weighted by Gasteiger charge is 1.95. The van der Waals surface area contributed by atoms with Gasteiger partial charge in [0.2, 0.25) is 0 Å². The van der Waals surface area contributed by atoms with E-state index in [1.807, 2.05) is 0 Å². The third-order valence-electron chi connectivity index (χ3n) is 1.35. The maximum Gasteiger partial charge on any atom is 0.193 e. The lowest BCUT2D eigenvalue weighted by molar-refractivity contribution is 0.842. The molecule has 0 spiro atoms. The number of nitrogens with one attached hydrogen (secondary N) is 4. The van der Waals surface area contributed by atoms with E-state index >= 15 is 0 Å². The molecule has 1 unspecified atom stereocenters. The quantitative estimate of drug-likeness (QED) is 0.449. The average molecular weight is 210 g/mol. The maximum atomic E-state index is 7.93. The van der Waals surface area contributed by atoms with Gasteiger partial charge < -0.3 is 10.6 Å². The highest BCUT2D eigenvalue weighted by molar-refractivity contribution is 5.95. The van der Waals surface area contributed by atoms with Gasteiger partial charge in [0.1, 0.15) is 0 Å². The fraction of sp³-hybridized carbons (Fsp3) is 0.273. The molecule has 4 heteroatoms. The first kappa shape index (κ1) is 5.30. The highest BCUT2D eigenvalue weighted by Crippen LogP contribution is 1.97. The predicted octanol–water partition coefficient (Wildman–Crippen LogP) is 1.34. The molecule has 0 bridgehead atoms. The Balaban J connectivity index is 3.03. The Bertz CT molecular complexity index is 551. The molecule has 0 saturated carbocycles. The van der Waals surface area contributed by atoms with E-state index in [4.69, 9.17) is 19.0 Å². The molecule has 0 aliphatic carbocycles. The summed E-state index contributed by atoms with van der Waals surface area (Å²) in [5, 5.41) is 19.0. The summed E-state index contributed by atoms with van der Waals surface area (Å²) in [5.41, 5.74) is -0.164. The second kappa shape index (κ2) is 5.80. The summed E-state index contributed by atoms with van der Waals surface area (Å²) in [7, 11) is 0. The zero-order valence-corrected chi connectivity index (χ0v) is 8.23. The molecule has 0 aliphatic rings. The summed E-state index contributed by atoms with van der Waals surface area (Å²) >= 11 is 0. The SMILES string of the molecule is [2H]c1cc([2H])c(C([2H])C([2H])([2H])NC(=N)NC(C)=N)c([2H])c1. The standard InChI is InChI=1S/C11H16N4/c1-9(12)15-11(13)14-8-7-10-5-3-2-4-6-10/h2-6H,7-8H2,1H3,(H4,12,13,14,15)/i2D,5D,6D,7D,8D2. The molecule has 0 aliphatic heterocycles. The first-order valence-corrected chi connectivity index (χ1v) is 4.23. The van der Waals surface area contributed by atoms with Gasteiger partial charge in [-0.05, 0) is 18.9 Å². The van der Waals surface area contributed by atoms with Crippen LogP contribution in [-0.4, -0.2) is 18.3 Å². The van der Waals surface area contributed by atoms with Gasteiger partial charge in [-0.2, -0.15) is 0 Å². The maximum absolute atomic E-state index is 7.93. The first-order valence-electron chi connectivity index (χ1n) is 7.31. The number of rotatable bonds is 3. The summed E-state index contributed by atoms with van der Waals surface area (Å²) in [6, 6.07) is 1.69. The molecule has 80 valence electrons. The lowest BCUT2D eigenvalue weighted by Crippen LogP contribution is -2.39. The Morgan fingerprint density at radius 3 is 2.73 bits per heavy atom. The van der Waals surface area contributed by atoms with Crippen LogP contribution in [0.25, 0.3) is 0 Å². The van der Waals surface area contributed by atoms with Gasteiger partial charge in [0, 0.05) is 10.6 Å². The molecular formula is C11H16N4. The van der Waals surface area contributed by atoms with Crippen LogP contribution >= 0.6 is 0 Å². The Morgan fingerprint density at radius 2 is 2.13 bits per heavy atom. The third kappa shape index (κ3) is 4.81. The van der Waals surface area contributed by atoms with Crippen molar-refractivity contribution in [2.75, 3.05) is 6.50 Å². The van der Waals surface area contributed by atoms with E-state index in [1.54, 1.807) is 0 Å². The summed E-state index contributed by atoms with van der Waals surface area (Å²) in [4.78, 5) is 0. The normalized spacial score (nSPS) is 18.2. The zero-order valence-electron chi connectivity index (χ0n) is 14.2. The molecule has 1 aromatic carbocycles. The Hall–Kier alpha value is -1.84. The molecule has 4 nitrogen and oxygen atoms in total. The lowest BCUT2D eigenvalue weighted by atomic mass is 10.1. The molecule has 0 radical (unpaired) electrons. The predicted molar refractivity (Wildman–Crippen MR) is 62.4 cm³/mol. The van der Waals surface area contributed by atoms with Crippen molar-refractivity contribution in [2.24, 2.45) is 0 Å². The first-order chi connectivity index (χ1) is 9.54. The van der Waals surface area contributed by atoms with Gasteiger partial charge in [0.25, 0.3) is 0 Å². The monoisotopic (exact) mass is 210 g/mol. The van der Waals surface area contributed by atoms with Crippen molar-refractivity contribution in [2.45, 2.75) is 13.3 Å². The van der Waals surface area contributed by atoms with Crippen LogP contribution in [0.3, 0.4) is 0 Å². The summed E-state index contributed by atoms with van der Waals surface area (Å²) in [5.74, 6) is -0.550. The molecular weight excluding hydrogens is 188 g/mol. The molecule has 0 fully saturated rings. The Kier molecular flexibility index (Phi) is 2.05. The average Bonchev–Trinajstić information content (AvgIpc) is 2.24. The van der Waals surface area contributed by atoms with E-state index in [-0.39, 0.29) is 29.5 Å². The Labute approximate surface area is 98.2 Å². The van der Waals surface area contributed by atoms with Crippen molar-refractivity contribution in [1.82, 2.24) is 10.6 Å². The van der Waals surface area contributed by atoms with Crippen LogP contribution in [0.5, 0.6) is 0 Å². The molecule has 1 atom stereocenters. The largest absolute Gasteiger partial charge is 0.356 e. The highest BCUT2D eigenvalue weighted by atomic mass is 15.1. The van der Waals surface area contributed by atoms with Crippen molar-refractivity contribution < 1.29 is 8.22 Å². The minimum atomic E-state index is -2.42. The number of hydrogen-bond donors (Lipinski definition) is 4. The van der Waals surface area contributed by atoms with Crippen molar-refractivity contribution in [3.8, 4) is 0 Å². The van der Waals surface area contributed by atoms with E-state index in [2.05, 4.69) is 10.6 Å². The van der Waals surface area contributed by atoms with E-state index < -0.39 is 18.9 Å². The molecule has 0 heterocycles. The van der Waals surface area contributed by atoms with Crippen molar-refractivity contribution in [3.63, 3.8) is 0 Å². The smallest absolute Gasteiger partial charge is 0.193 e. The van der Waals surface area contributed by atoms with Crippen molar-refractivity contribution in [3.05, 3.63) is 35.8 Å². The van der Waals surface area contributed by atoms with Crippen molar-refractivity contribution >= 4 is 11.8 Å². The van der Waals surface area contributed by atoms with Gasteiger partial charge >= 0.3 is 0 Å². The molecule has 1 rings (SSSR count). The van der Waals surface area contributed by atoms with Crippen LogP contribution in [0.4, 0.5) is 0 Å². The van der Waals surface area contributed by atoms with E-state index in [9.17, 15) is 0 Å². The van der Waals surface area contributed by atoms with Gasteiger partial charge in [0.05, 0.1) is 9.95 Å². The lowest BCUT2D eigenvalue weighted by Gasteiger charge is -2.08. The number of amidine groups is 1. The molecule has 0 amide bonds. The van der Waals surface area contributed by atoms with E-state index in [0.29, 0.717) is 0 Å². The van der Waals surface area contributed by atoms with Crippen LogP contribution in [-0.2, 0) is 6.40 Å². The minimum absolute atomic E-state index is 0.0525. The summed E-state index contributed by atoms with van der Waals surface area (Å²) in [6.45, 7) is -1.05. The van der Waals surface area contributed by atoms with Crippen LogP contribution in [0.15, 0.2) is 30.3 Å². The zero-order chi connectivity index (χ0) is 16.4. The number of hydrogen-bond acceptors (Lipinski definition) is 2. The minimum Gasteiger partial charge on any atom is -0.356 e. The second-order valence-corrected chi connectivity index (χ2v) is 2.70. The second-order valence-electron chi connectivity index (χ2n) is 2.70. The number of benzene rings is 1. The van der Waals surface area contributed by atoms with Crippen molar-refractivity contribution in [1.29, 1.82) is 10.8 Å². The van der Waals surface area contributed by atoms with E-state index in [0.717, 1.165) is 12.1 Å². The van der Waals surface area contributed by atoms with Crippen LogP contribution in [0.2, 0.25) is 0 Å². The van der Waals surface area contributed by atoms with Gasteiger partial charge in [-0.25, -0.2) is 0 Å². The molecule has 4 N–H and O–H groups in total. The van der Waals surface area contributed by atoms with Gasteiger partial charge in [-0.3, -0.25) is 10.8 Å². The van der Waals surface area contributed by atoms with Gasteiger partial charge in [0.15, 0.2) is 5.96 Å². The molecule has 15 heavy (non-hydrogen) atoms. The fourth-order valence-corrected chi connectivity index (χ4v) is 0.805. The van der Waals surface area contributed by atoms with Gasteiger partial charge in [-0.1, -0.05) is 30.3 Å². The fourth-order valence-electron chi connectivity index (χ4n) is 0.805. The number of guanidine groups is 1. The summed E-state index contributed by atoms with van der Waals surface area (Å²) < 4.78 is 46.3. The topological polar surface area (TPSA) is 71.8 Å². The van der Waals surface area contributed by atoms with Crippen LogP contribution in [0, 0.1) is 10.8 Å². The molecule has 1 aromatic rings. The van der Waals surface area contributed by atoms with E-state index in [1.165, 1.54) is 6.92 Å². The summed E-state index contributed by atoms with van der Waals surface area (Å²) in [6.07, 6.45) is -1.63. The Morgan fingerprint density at radius 1 is 1.47 bits per heavy atom. The van der Waals surface area contributed by atoms with Crippen LogP contribution < -0.4 is 10.6 Å². The molecule has 0 aromatic heterocycles. The third-order valence-corrected chi connectivity index (χ3v) is 1.35. The van der Waals surface area contributed by atoms with Crippen LogP contribution in [0.1, 0.15) is 20.7 Å².